The molecule has 0 unspecified atom stereocenters. The first-order valence-electron chi connectivity index (χ1n) is 8.32. The van der Waals surface area contributed by atoms with Gasteiger partial charge in [0.1, 0.15) is 6.17 Å². The summed E-state index contributed by atoms with van der Waals surface area (Å²) in [5.74, 6) is -0.391. The number of hydrogen-bond acceptors (Lipinski definition) is 2. The van der Waals surface area contributed by atoms with Crippen molar-refractivity contribution in [2.75, 3.05) is 5.32 Å². The number of hydrogen-bond donors (Lipinski definition) is 3. The second-order valence-corrected chi connectivity index (χ2v) is 8.75. The summed E-state index contributed by atoms with van der Waals surface area (Å²) in [7, 11) is 0. The van der Waals surface area contributed by atoms with E-state index in [0.29, 0.717) is 5.56 Å². The first kappa shape index (κ1) is 20.7. The average Bonchev–Trinajstić information content (AvgIpc) is 2.67. The Morgan fingerprint density at radius 2 is 1.50 bits per heavy atom. The molecule has 0 heterocycles. The summed E-state index contributed by atoms with van der Waals surface area (Å²) in [6.07, 6.45) is -1.04. The molecule has 0 aliphatic heterocycles. The van der Waals surface area contributed by atoms with E-state index >= 15 is 0 Å². The molecule has 3 rings (SSSR count). The van der Waals surface area contributed by atoms with Crippen LogP contribution in [-0.4, -0.2) is 21.0 Å². The van der Waals surface area contributed by atoms with E-state index in [-0.39, 0.29) is 5.11 Å². The van der Waals surface area contributed by atoms with Crippen LogP contribution in [0.5, 0.6) is 0 Å². The fourth-order valence-electron chi connectivity index (χ4n) is 2.57. The standard InChI is InChI=1S/C20H16Cl3N3OS/c21-20(22,23)18(25-17(27)14-7-2-1-3-8-14)26-19(28)24-16-11-10-13-6-4-5-9-15(13)12-16/h1-12,18H,(H,25,27)(H2,24,26,28)/t18-/m1/s1. The molecule has 0 saturated carbocycles. The van der Waals surface area contributed by atoms with Gasteiger partial charge in [-0.1, -0.05) is 83.3 Å². The molecular formula is C20H16Cl3N3OS. The highest BCUT2D eigenvalue weighted by Gasteiger charge is 2.34. The van der Waals surface area contributed by atoms with Crippen LogP contribution in [0.25, 0.3) is 10.8 Å². The summed E-state index contributed by atoms with van der Waals surface area (Å²) < 4.78 is -1.82. The molecular weight excluding hydrogens is 437 g/mol. The zero-order chi connectivity index (χ0) is 20.1. The van der Waals surface area contributed by atoms with E-state index in [9.17, 15) is 4.79 Å². The summed E-state index contributed by atoms with van der Waals surface area (Å²) in [5, 5.41) is 10.9. The number of fused-ring (bicyclic) bond motifs is 1. The van der Waals surface area contributed by atoms with Gasteiger partial charge in [-0.3, -0.25) is 4.79 Å². The number of alkyl halides is 3. The van der Waals surface area contributed by atoms with Crippen LogP contribution in [0.1, 0.15) is 10.4 Å². The van der Waals surface area contributed by atoms with E-state index in [1.165, 1.54) is 0 Å². The minimum Gasteiger partial charge on any atom is -0.339 e. The number of amides is 1. The van der Waals surface area contributed by atoms with Gasteiger partial charge in [-0.15, -0.1) is 0 Å². The van der Waals surface area contributed by atoms with Crippen molar-refractivity contribution >= 4 is 74.5 Å². The zero-order valence-corrected chi connectivity index (χ0v) is 17.5. The number of thiocarbonyl (C=S) groups is 1. The fourth-order valence-corrected chi connectivity index (χ4v) is 3.13. The Balaban J connectivity index is 1.69. The Kier molecular flexibility index (Phi) is 6.62. The predicted molar refractivity (Wildman–Crippen MR) is 121 cm³/mol. The molecule has 0 saturated heterocycles. The van der Waals surface area contributed by atoms with Gasteiger partial charge in [0.25, 0.3) is 5.91 Å². The smallest absolute Gasteiger partial charge is 0.252 e. The maximum atomic E-state index is 12.4. The summed E-state index contributed by atoms with van der Waals surface area (Å²) in [4.78, 5) is 12.4. The third-order valence-corrected chi connectivity index (χ3v) is 4.80. The molecule has 3 N–H and O–H groups in total. The highest BCUT2D eigenvalue weighted by atomic mass is 35.6. The molecule has 8 heteroatoms. The van der Waals surface area contributed by atoms with Crippen LogP contribution < -0.4 is 16.0 Å². The Bertz CT molecular complexity index is 993. The second-order valence-electron chi connectivity index (χ2n) is 5.97. The molecule has 0 aromatic heterocycles. The molecule has 4 nitrogen and oxygen atoms in total. The summed E-state index contributed by atoms with van der Waals surface area (Å²) >= 11 is 23.4. The number of nitrogens with one attached hydrogen (secondary N) is 3. The van der Waals surface area contributed by atoms with Crippen molar-refractivity contribution in [3.8, 4) is 0 Å². The Morgan fingerprint density at radius 3 is 2.18 bits per heavy atom. The van der Waals surface area contributed by atoms with Crippen molar-refractivity contribution in [2.45, 2.75) is 9.96 Å². The minimum atomic E-state index is -1.82. The van der Waals surface area contributed by atoms with Crippen molar-refractivity contribution in [1.82, 2.24) is 10.6 Å². The average molecular weight is 453 g/mol. The Hall–Kier alpha value is -2.05. The van der Waals surface area contributed by atoms with Crippen molar-refractivity contribution in [1.29, 1.82) is 0 Å². The Morgan fingerprint density at radius 1 is 0.857 bits per heavy atom. The van der Waals surface area contributed by atoms with Gasteiger partial charge in [-0.05, 0) is 47.3 Å². The first-order chi connectivity index (χ1) is 13.3. The van der Waals surface area contributed by atoms with Crippen LogP contribution in [-0.2, 0) is 0 Å². The number of halogens is 3. The number of rotatable bonds is 4. The Labute approximate surface area is 183 Å². The molecule has 0 fully saturated rings. The van der Waals surface area contributed by atoms with Gasteiger partial charge in [-0.2, -0.15) is 0 Å². The van der Waals surface area contributed by atoms with Gasteiger partial charge >= 0.3 is 0 Å². The molecule has 3 aromatic carbocycles. The quantitative estimate of drug-likeness (QED) is 0.287. The first-order valence-corrected chi connectivity index (χ1v) is 9.86. The van der Waals surface area contributed by atoms with Crippen molar-refractivity contribution in [3.63, 3.8) is 0 Å². The van der Waals surface area contributed by atoms with Crippen LogP contribution >= 0.6 is 47.0 Å². The van der Waals surface area contributed by atoms with E-state index in [4.69, 9.17) is 47.0 Å². The molecule has 0 bridgehead atoms. The van der Waals surface area contributed by atoms with Gasteiger partial charge in [-0.25, -0.2) is 0 Å². The van der Waals surface area contributed by atoms with Gasteiger partial charge in [0.2, 0.25) is 3.79 Å². The number of anilines is 1. The second kappa shape index (κ2) is 8.97. The lowest BCUT2D eigenvalue weighted by atomic mass is 10.1. The molecule has 1 atom stereocenters. The fraction of sp³-hybridized carbons (Fsp3) is 0.100. The molecule has 144 valence electrons. The topological polar surface area (TPSA) is 53.2 Å². The van der Waals surface area contributed by atoms with Gasteiger partial charge in [0.15, 0.2) is 5.11 Å². The van der Waals surface area contributed by atoms with Gasteiger partial charge in [0, 0.05) is 11.3 Å². The lowest BCUT2D eigenvalue weighted by molar-refractivity contribution is 0.0934. The molecule has 3 aromatic rings. The number of carbonyl (C=O) groups is 1. The van der Waals surface area contributed by atoms with E-state index in [1.807, 2.05) is 48.5 Å². The van der Waals surface area contributed by atoms with E-state index in [1.54, 1.807) is 24.3 Å². The predicted octanol–water partition coefficient (Wildman–Crippen LogP) is 5.25. The normalized spacial score (nSPS) is 12.2. The molecule has 28 heavy (non-hydrogen) atoms. The highest BCUT2D eigenvalue weighted by molar-refractivity contribution is 7.80. The van der Waals surface area contributed by atoms with Crippen LogP contribution in [0.4, 0.5) is 5.69 Å². The molecule has 0 aliphatic carbocycles. The number of benzene rings is 3. The van der Waals surface area contributed by atoms with E-state index in [2.05, 4.69) is 16.0 Å². The summed E-state index contributed by atoms with van der Waals surface area (Å²) in [6.45, 7) is 0. The molecule has 0 spiro atoms. The van der Waals surface area contributed by atoms with Crippen molar-refractivity contribution in [3.05, 3.63) is 78.4 Å². The minimum absolute atomic E-state index is 0.208. The third-order valence-electron chi connectivity index (χ3n) is 3.92. The zero-order valence-electron chi connectivity index (χ0n) is 14.5. The maximum Gasteiger partial charge on any atom is 0.252 e. The third kappa shape index (κ3) is 5.49. The lowest BCUT2D eigenvalue weighted by Crippen LogP contribution is -2.56. The van der Waals surface area contributed by atoms with Crippen LogP contribution in [0, 0.1) is 0 Å². The van der Waals surface area contributed by atoms with Gasteiger partial charge in [0.05, 0.1) is 0 Å². The van der Waals surface area contributed by atoms with Gasteiger partial charge < -0.3 is 16.0 Å². The molecule has 0 aliphatic rings. The summed E-state index contributed by atoms with van der Waals surface area (Å²) in [5.41, 5.74) is 1.21. The summed E-state index contributed by atoms with van der Waals surface area (Å²) in [6, 6.07) is 22.4. The number of carbonyl (C=O) groups excluding carboxylic acids is 1. The van der Waals surface area contributed by atoms with Crippen molar-refractivity contribution in [2.24, 2.45) is 0 Å². The molecule has 1 amide bonds. The van der Waals surface area contributed by atoms with Crippen molar-refractivity contribution < 1.29 is 4.79 Å². The van der Waals surface area contributed by atoms with Crippen LogP contribution in [0.15, 0.2) is 72.8 Å². The largest absolute Gasteiger partial charge is 0.339 e. The monoisotopic (exact) mass is 451 g/mol. The highest BCUT2D eigenvalue weighted by Crippen LogP contribution is 2.29. The SMILES string of the molecule is O=C(N[C@H](NC(=S)Nc1ccc2ccccc2c1)C(Cl)(Cl)Cl)c1ccccc1. The van der Waals surface area contributed by atoms with E-state index in [0.717, 1.165) is 16.5 Å². The van der Waals surface area contributed by atoms with Crippen LogP contribution in [0.2, 0.25) is 0 Å². The maximum absolute atomic E-state index is 12.4. The molecule has 0 radical (unpaired) electrons. The van der Waals surface area contributed by atoms with E-state index < -0.39 is 15.9 Å². The lowest BCUT2D eigenvalue weighted by Gasteiger charge is -2.27. The van der Waals surface area contributed by atoms with Crippen LogP contribution in [0.3, 0.4) is 0 Å².